The molecule has 0 aliphatic carbocycles. The fraction of sp³-hybridized carbons (Fsp3) is 0.222. The predicted molar refractivity (Wildman–Crippen MR) is 87.5 cm³/mol. The summed E-state index contributed by atoms with van der Waals surface area (Å²) in [4.78, 5) is 12.1. The van der Waals surface area contributed by atoms with E-state index in [1.807, 2.05) is 6.07 Å². The number of hydrogen-bond donors (Lipinski definition) is 2. The molecule has 0 heterocycles. The number of anilines is 1. The van der Waals surface area contributed by atoms with Crippen molar-refractivity contribution in [1.82, 2.24) is 5.32 Å². The van der Waals surface area contributed by atoms with Crippen LogP contribution in [-0.2, 0) is 17.5 Å². The largest absolute Gasteiger partial charge is 0.416 e. The second kappa shape index (κ2) is 7.81. The Hall–Kier alpha value is -2.85. The standard InChI is InChI=1S/C18H16F3N3O/c1-12(17(25)24-16-7-3-4-13(9-16)10-22)23-11-14-5-2-6-15(8-14)18(19,20)21/h2-9,12,23H,11H2,1H3,(H,24,25). The number of carbonyl (C=O) groups excluding carboxylic acids is 1. The summed E-state index contributed by atoms with van der Waals surface area (Å²) in [5, 5.41) is 14.4. The van der Waals surface area contributed by atoms with E-state index in [2.05, 4.69) is 10.6 Å². The molecular formula is C18H16F3N3O. The average Bonchev–Trinajstić information content (AvgIpc) is 2.59. The van der Waals surface area contributed by atoms with Crippen LogP contribution < -0.4 is 10.6 Å². The fourth-order valence-electron chi connectivity index (χ4n) is 2.14. The van der Waals surface area contributed by atoms with Gasteiger partial charge in [-0.25, -0.2) is 0 Å². The van der Waals surface area contributed by atoms with E-state index in [4.69, 9.17) is 5.26 Å². The highest BCUT2D eigenvalue weighted by Crippen LogP contribution is 2.29. The molecule has 2 rings (SSSR count). The second-order valence-corrected chi connectivity index (χ2v) is 5.48. The van der Waals surface area contributed by atoms with Crippen LogP contribution in [0.1, 0.15) is 23.6 Å². The van der Waals surface area contributed by atoms with Gasteiger partial charge in [0.05, 0.1) is 23.2 Å². The van der Waals surface area contributed by atoms with Crippen LogP contribution in [0.2, 0.25) is 0 Å². The van der Waals surface area contributed by atoms with E-state index in [9.17, 15) is 18.0 Å². The van der Waals surface area contributed by atoms with Gasteiger partial charge in [0, 0.05) is 12.2 Å². The molecule has 0 radical (unpaired) electrons. The first kappa shape index (κ1) is 18.5. The molecule has 0 aromatic heterocycles. The van der Waals surface area contributed by atoms with Crippen LogP contribution in [0.15, 0.2) is 48.5 Å². The van der Waals surface area contributed by atoms with Gasteiger partial charge in [-0.2, -0.15) is 18.4 Å². The molecule has 0 aliphatic heterocycles. The van der Waals surface area contributed by atoms with Crippen molar-refractivity contribution in [2.75, 3.05) is 5.32 Å². The Morgan fingerprint density at radius 1 is 1.20 bits per heavy atom. The van der Waals surface area contributed by atoms with Crippen LogP contribution in [0.25, 0.3) is 0 Å². The number of nitriles is 1. The van der Waals surface area contributed by atoms with Gasteiger partial charge in [-0.1, -0.05) is 24.3 Å². The van der Waals surface area contributed by atoms with Crippen molar-refractivity contribution in [3.8, 4) is 6.07 Å². The molecule has 0 saturated carbocycles. The van der Waals surface area contributed by atoms with Crippen molar-refractivity contribution in [1.29, 1.82) is 5.26 Å². The minimum atomic E-state index is -4.40. The maximum atomic E-state index is 12.7. The lowest BCUT2D eigenvalue weighted by Gasteiger charge is -2.15. The van der Waals surface area contributed by atoms with E-state index >= 15 is 0 Å². The predicted octanol–water partition coefficient (Wildman–Crippen LogP) is 3.69. The van der Waals surface area contributed by atoms with Gasteiger partial charge in [-0.15, -0.1) is 0 Å². The van der Waals surface area contributed by atoms with Gasteiger partial charge in [0.2, 0.25) is 5.91 Å². The lowest BCUT2D eigenvalue weighted by atomic mass is 10.1. The monoisotopic (exact) mass is 347 g/mol. The maximum absolute atomic E-state index is 12.7. The van der Waals surface area contributed by atoms with E-state index in [1.165, 1.54) is 12.1 Å². The average molecular weight is 347 g/mol. The van der Waals surface area contributed by atoms with Gasteiger partial charge >= 0.3 is 6.18 Å². The molecule has 1 amide bonds. The quantitative estimate of drug-likeness (QED) is 0.867. The SMILES string of the molecule is CC(NCc1cccc(C(F)(F)F)c1)C(=O)Nc1cccc(C#N)c1. The summed E-state index contributed by atoms with van der Waals surface area (Å²) in [5.74, 6) is -0.345. The van der Waals surface area contributed by atoms with Crippen LogP contribution in [0.3, 0.4) is 0 Å². The van der Waals surface area contributed by atoms with Crippen molar-refractivity contribution in [3.05, 3.63) is 65.2 Å². The molecule has 0 spiro atoms. The van der Waals surface area contributed by atoms with E-state index in [1.54, 1.807) is 31.2 Å². The topological polar surface area (TPSA) is 64.9 Å². The maximum Gasteiger partial charge on any atom is 0.416 e. The summed E-state index contributed by atoms with van der Waals surface area (Å²) < 4.78 is 38.1. The van der Waals surface area contributed by atoms with Crippen molar-refractivity contribution < 1.29 is 18.0 Å². The van der Waals surface area contributed by atoms with Crippen LogP contribution in [0.4, 0.5) is 18.9 Å². The number of benzene rings is 2. The number of amides is 1. The Labute approximate surface area is 143 Å². The zero-order valence-corrected chi connectivity index (χ0v) is 13.4. The molecule has 0 saturated heterocycles. The van der Waals surface area contributed by atoms with Crippen molar-refractivity contribution in [3.63, 3.8) is 0 Å². The first-order chi connectivity index (χ1) is 11.8. The molecular weight excluding hydrogens is 331 g/mol. The third-order valence-electron chi connectivity index (χ3n) is 3.52. The molecule has 7 heteroatoms. The fourth-order valence-corrected chi connectivity index (χ4v) is 2.14. The Balaban J connectivity index is 1.94. The van der Waals surface area contributed by atoms with Gasteiger partial charge in [-0.05, 0) is 36.8 Å². The van der Waals surface area contributed by atoms with E-state index in [0.717, 1.165) is 12.1 Å². The van der Waals surface area contributed by atoms with Gasteiger partial charge < -0.3 is 10.6 Å². The van der Waals surface area contributed by atoms with Crippen LogP contribution in [-0.4, -0.2) is 11.9 Å². The van der Waals surface area contributed by atoms with E-state index < -0.39 is 17.8 Å². The summed E-state index contributed by atoms with van der Waals surface area (Å²) >= 11 is 0. The molecule has 2 aromatic rings. The molecule has 1 atom stereocenters. The summed E-state index contributed by atoms with van der Waals surface area (Å²) in [6.45, 7) is 1.73. The van der Waals surface area contributed by atoms with Crippen molar-refractivity contribution in [2.24, 2.45) is 0 Å². The molecule has 0 bridgehead atoms. The first-order valence-corrected chi connectivity index (χ1v) is 7.50. The molecule has 2 aromatic carbocycles. The Kier molecular flexibility index (Phi) is 5.78. The molecule has 1 unspecified atom stereocenters. The molecule has 130 valence electrons. The van der Waals surface area contributed by atoms with E-state index in [0.29, 0.717) is 16.8 Å². The summed E-state index contributed by atoms with van der Waals surface area (Å²) in [6.07, 6.45) is -4.40. The lowest BCUT2D eigenvalue weighted by Crippen LogP contribution is -2.37. The Morgan fingerprint density at radius 2 is 1.92 bits per heavy atom. The number of halogens is 3. The van der Waals surface area contributed by atoms with Crippen LogP contribution >= 0.6 is 0 Å². The third-order valence-corrected chi connectivity index (χ3v) is 3.52. The van der Waals surface area contributed by atoms with Crippen LogP contribution in [0, 0.1) is 11.3 Å². The molecule has 0 fully saturated rings. The number of alkyl halides is 3. The molecule has 25 heavy (non-hydrogen) atoms. The molecule has 4 nitrogen and oxygen atoms in total. The van der Waals surface area contributed by atoms with Gasteiger partial charge in [0.25, 0.3) is 0 Å². The number of nitrogens with one attached hydrogen (secondary N) is 2. The third kappa shape index (κ3) is 5.33. The van der Waals surface area contributed by atoms with Gasteiger partial charge in [0.15, 0.2) is 0 Å². The smallest absolute Gasteiger partial charge is 0.325 e. The summed E-state index contributed by atoms with van der Waals surface area (Å²) in [6, 6.07) is 12.7. The lowest BCUT2D eigenvalue weighted by molar-refractivity contribution is -0.137. The second-order valence-electron chi connectivity index (χ2n) is 5.48. The van der Waals surface area contributed by atoms with Gasteiger partial charge in [-0.3, -0.25) is 4.79 Å². The zero-order chi connectivity index (χ0) is 18.4. The number of nitrogens with zero attached hydrogens (tertiary/aromatic N) is 1. The minimum absolute atomic E-state index is 0.122. The minimum Gasteiger partial charge on any atom is -0.325 e. The Morgan fingerprint density at radius 3 is 2.60 bits per heavy atom. The number of carbonyl (C=O) groups is 1. The number of rotatable bonds is 5. The summed E-state index contributed by atoms with van der Waals surface area (Å²) in [7, 11) is 0. The summed E-state index contributed by atoms with van der Waals surface area (Å²) in [5.41, 5.74) is 0.609. The molecule has 0 aliphatic rings. The molecule has 2 N–H and O–H groups in total. The first-order valence-electron chi connectivity index (χ1n) is 7.50. The zero-order valence-electron chi connectivity index (χ0n) is 13.4. The Bertz CT molecular complexity index is 797. The number of hydrogen-bond acceptors (Lipinski definition) is 3. The van der Waals surface area contributed by atoms with Crippen molar-refractivity contribution >= 4 is 11.6 Å². The van der Waals surface area contributed by atoms with Crippen LogP contribution in [0.5, 0.6) is 0 Å². The van der Waals surface area contributed by atoms with Crippen molar-refractivity contribution in [2.45, 2.75) is 25.7 Å². The highest BCUT2D eigenvalue weighted by Gasteiger charge is 2.30. The highest BCUT2D eigenvalue weighted by molar-refractivity contribution is 5.94. The van der Waals surface area contributed by atoms with Gasteiger partial charge in [0.1, 0.15) is 0 Å². The van der Waals surface area contributed by atoms with E-state index in [-0.39, 0.29) is 12.5 Å². The normalized spacial score (nSPS) is 12.3. The highest BCUT2D eigenvalue weighted by atomic mass is 19.4.